The molecule has 0 aromatic rings. The summed E-state index contributed by atoms with van der Waals surface area (Å²) in [6.07, 6.45) is 2.90. The number of carbonyl (C=O) groups excluding carboxylic acids is 2. The molecule has 0 atom stereocenters. The van der Waals surface area contributed by atoms with Crippen LogP contribution in [0, 0.1) is 5.92 Å². The van der Waals surface area contributed by atoms with E-state index in [0.717, 1.165) is 0 Å². The van der Waals surface area contributed by atoms with Gasteiger partial charge >= 0.3 is 6.09 Å². The number of hydrogen-bond acceptors (Lipinski definition) is 6. The van der Waals surface area contributed by atoms with Crippen molar-refractivity contribution in [2.75, 3.05) is 25.9 Å². The van der Waals surface area contributed by atoms with Gasteiger partial charge in [0.25, 0.3) is 0 Å². The van der Waals surface area contributed by atoms with Gasteiger partial charge in [0.05, 0.1) is 6.54 Å². The first-order chi connectivity index (χ1) is 9.23. The number of rotatable bonds is 4. The highest BCUT2D eigenvalue weighted by molar-refractivity contribution is 7.96. The number of carbonyl (C=O) groups is 2. The van der Waals surface area contributed by atoms with Gasteiger partial charge in [-0.1, -0.05) is 11.9 Å². The highest BCUT2D eigenvalue weighted by Crippen LogP contribution is 2.21. The molecule has 0 aliphatic carbocycles. The minimum absolute atomic E-state index is 0.00751. The lowest BCUT2D eigenvalue weighted by Crippen LogP contribution is -2.44. The highest BCUT2D eigenvalue weighted by Gasteiger charge is 2.30. The zero-order chi connectivity index (χ0) is 15.3. The number of ether oxygens (including phenoxy) is 1. The standard InChI is InChI=1S/C13H25N3O3S/c1-13(2,3)19-12(18)15-7-5-10(6-8-15)11(17)9-16(14)20-4/h10H,5-9,14H2,1-4H3. The van der Waals surface area contributed by atoms with Gasteiger partial charge in [-0.25, -0.2) is 4.79 Å². The zero-order valence-corrected chi connectivity index (χ0v) is 13.5. The summed E-state index contributed by atoms with van der Waals surface area (Å²) in [5, 5.41) is 0. The number of Topliss-reactive ketones (excluding diaryl/α,β-unsaturated/α-hetero) is 1. The van der Waals surface area contributed by atoms with Crippen LogP contribution in [0.15, 0.2) is 0 Å². The Kier molecular flexibility index (Phi) is 6.29. The molecule has 0 radical (unpaired) electrons. The van der Waals surface area contributed by atoms with Gasteiger partial charge in [-0.05, 0) is 39.9 Å². The minimum Gasteiger partial charge on any atom is -0.444 e. The van der Waals surface area contributed by atoms with Crippen molar-refractivity contribution in [3.05, 3.63) is 0 Å². The van der Waals surface area contributed by atoms with E-state index >= 15 is 0 Å². The molecule has 1 rings (SSSR count). The monoisotopic (exact) mass is 303 g/mol. The number of hydrazine groups is 1. The van der Waals surface area contributed by atoms with Crippen LogP contribution in [0.25, 0.3) is 0 Å². The third kappa shape index (κ3) is 5.68. The normalized spacial score (nSPS) is 17.4. The molecule has 1 heterocycles. The molecule has 1 amide bonds. The maximum atomic E-state index is 12.0. The fourth-order valence-electron chi connectivity index (χ4n) is 2.06. The van der Waals surface area contributed by atoms with E-state index in [1.54, 1.807) is 4.90 Å². The van der Waals surface area contributed by atoms with Gasteiger partial charge in [-0.15, -0.1) is 0 Å². The molecule has 0 saturated carbocycles. The summed E-state index contributed by atoms with van der Waals surface area (Å²) in [4.78, 5) is 25.6. The molecule has 0 spiro atoms. The maximum absolute atomic E-state index is 12.0. The molecule has 1 aliphatic heterocycles. The van der Waals surface area contributed by atoms with E-state index in [9.17, 15) is 9.59 Å². The molecule has 0 aromatic carbocycles. The van der Waals surface area contributed by atoms with E-state index < -0.39 is 5.60 Å². The van der Waals surface area contributed by atoms with Gasteiger partial charge in [0.15, 0.2) is 5.78 Å². The van der Waals surface area contributed by atoms with Crippen molar-refractivity contribution in [3.63, 3.8) is 0 Å². The molecule has 0 bridgehead atoms. The number of nitrogens with zero attached hydrogens (tertiary/aromatic N) is 2. The van der Waals surface area contributed by atoms with E-state index in [-0.39, 0.29) is 24.3 Å². The van der Waals surface area contributed by atoms with Crippen LogP contribution in [0.5, 0.6) is 0 Å². The second-order valence-corrected chi connectivity index (χ2v) is 6.80. The van der Waals surface area contributed by atoms with Gasteiger partial charge in [-0.2, -0.15) is 4.41 Å². The van der Waals surface area contributed by atoms with Gasteiger partial charge < -0.3 is 9.64 Å². The average molecular weight is 303 g/mol. The quantitative estimate of drug-likeness (QED) is 0.483. The van der Waals surface area contributed by atoms with Crippen molar-refractivity contribution < 1.29 is 14.3 Å². The Labute approximate surface area is 125 Å². The van der Waals surface area contributed by atoms with E-state index in [2.05, 4.69) is 0 Å². The van der Waals surface area contributed by atoms with Gasteiger partial charge in [0.2, 0.25) is 0 Å². The summed E-state index contributed by atoms with van der Waals surface area (Å²) in [7, 11) is 0. The largest absolute Gasteiger partial charge is 0.444 e. The molecular formula is C13H25N3O3S. The van der Waals surface area contributed by atoms with Crippen molar-refractivity contribution >= 4 is 23.8 Å². The van der Waals surface area contributed by atoms with Crippen LogP contribution in [0.2, 0.25) is 0 Å². The van der Waals surface area contributed by atoms with Crippen LogP contribution < -0.4 is 5.84 Å². The zero-order valence-electron chi connectivity index (χ0n) is 12.7. The van der Waals surface area contributed by atoms with E-state index in [4.69, 9.17) is 10.6 Å². The predicted octanol–water partition coefficient (Wildman–Crippen LogP) is 1.66. The van der Waals surface area contributed by atoms with Gasteiger partial charge in [-0.3, -0.25) is 10.6 Å². The topological polar surface area (TPSA) is 75.9 Å². The summed E-state index contributed by atoms with van der Waals surface area (Å²) >= 11 is 1.33. The van der Waals surface area contributed by atoms with Crippen LogP contribution in [0.3, 0.4) is 0 Å². The fourth-order valence-corrected chi connectivity index (χ4v) is 2.31. The lowest BCUT2D eigenvalue weighted by atomic mass is 9.93. The number of nitrogens with two attached hydrogens (primary N) is 1. The Morgan fingerprint density at radius 2 is 1.90 bits per heavy atom. The molecule has 1 saturated heterocycles. The maximum Gasteiger partial charge on any atom is 0.410 e. The Bertz CT molecular complexity index is 349. The Morgan fingerprint density at radius 1 is 1.35 bits per heavy atom. The Hall–Kier alpha value is -0.790. The van der Waals surface area contributed by atoms with Crippen LogP contribution in [0.1, 0.15) is 33.6 Å². The van der Waals surface area contributed by atoms with E-state index in [1.165, 1.54) is 16.4 Å². The van der Waals surface area contributed by atoms with Gasteiger partial charge in [0.1, 0.15) is 5.60 Å². The van der Waals surface area contributed by atoms with Crippen LogP contribution in [-0.2, 0) is 9.53 Å². The first kappa shape index (κ1) is 17.3. The molecule has 6 nitrogen and oxygen atoms in total. The SMILES string of the molecule is CSN(N)CC(=O)C1CCN(C(=O)OC(C)(C)C)CC1. The van der Waals surface area contributed by atoms with E-state index in [1.807, 2.05) is 27.0 Å². The van der Waals surface area contributed by atoms with Crippen molar-refractivity contribution in [1.82, 2.24) is 9.31 Å². The smallest absolute Gasteiger partial charge is 0.410 e. The molecule has 7 heteroatoms. The lowest BCUT2D eigenvalue weighted by molar-refractivity contribution is -0.124. The fraction of sp³-hybridized carbons (Fsp3) is 0.846. The first-order valence-electron chi connectivity index (χ1n) is 6.80. The average Bonchev–Trinajstić information content (AvgIpc) is 2.36. The van der Waals surface area contributed by atoms with E-state index in [0.29, 0.717) is 25.9 Å². The van der Waals surface area contributed by atoms with Gasteiger partial charge in [0, 0.05) is 19.0 Å². The number of hydrogen-bond donors (Lipinski definition) is 1. The molecule has 0 aromatic heterocycles. The number of piperidine rings is 1. The Morgan fingerprint density at radius 3 is 2.35 bits per heavy atom. The first-order valence-corrected chi connectivity index (χ1v) is 7.98. The predicted molar refractivity (Wildman–Crippen MR) is 79.9 cm³/mol. The second-order valence-electron chi connectivity index (χ2n) is 5.97. The Balaban J connectivity index is 2.40. The van der Waals surface area contributed by atoms with Crippen LogP contribution >= 0.6 is 11.9 Å². The summed E-state index contributed by atoms with van der Waals surface area (Å²) in [6, 6.07) is 0. The molecule has 1 aliphatic rings. The van der Waals surface area contributed by atoms with Crippen molar-refractivity contribution in [2.45, 2.75) is 39.2 Å². The van der Waals surface area contributed by atoms with Crippen molar-refractivity contribution in [3.8, 4) is 0 Å². The molecule has 2 N–H and O–H groups in total. The third-order valence-corrected chi connectivity index (χ3v) is 3.75. The van der Waals surface area contributed by atoms with Crippen LogP contribution in [0.4, 0.5) is 4.79 Å². The number of likely N-dealkylation sites (tertiary alicyclic amines) is 1. The van der Waals surface area contributed by atoms with Crippen molar-refractivity contribution in [2.24, 2.45) is 11.8 Å². The number of ketones is 1. The molecule has 20 heavy (non-hydrogen) atoms. The highest BCUT2D eigenvalue weighted by atomic mass is 32.2. The number of amides is 1. The second kappa shape index (κ2) is 7.28. The lowest BCUT2D eigenvalue weighted by Gasteiger charge is -2.33. The molecule has 0 unspecified atom stereocenters. The third-order valence-electron chi connectivity index (χ3n) is 3.15. The van der Waals surface area contributed by atoms with Crippen LogP contribution in [-0.4, -0.2) is 52.7 Å². The van der Waals surface area contributed by atoms with Crippen molar-refractivity contribution in [1.29, 1.82) is 0 Å². The molecule has 116 valence electrons. The summed E-state index contributed by atoms with van der Waals surface area (Å²) in [6.45, 7) is 6.92. The summed E-state index contributed by atoms with van der Waals surface area (Å²) < 4.78 is 6.76. The minimum atomic E-state index is -0.484. The summed E-state index contributed by atoms with van der Waals surface area (Å²) in [5.74, 6) is 5.75. The molecular weight excluding hydrogens is 278 g/mol. The summed E-state index contributed by atoms with van der Waals surface area (Å²) in [5.41, 5.74) is -0.484. The molecule has 1 fully saturated rings.